The lowest BCUT2D eigenvalue weighted by molar-refractivity contribution is 0.0697. The molecule has 0 aliphatic carbocycles. The lowest BCUT2D eigenvalue weighted by Crippen LogP contribution is -2.35. The van der Waals surface area contributed by atoms with Crippen molar-refractivity contribution in [3.63, 3.8) is 0 Å². The summed E-state index contributed by atoms with van der Waals surface area (Å²) in [5.74, 6) is 1.55. The van der Waals surface area contributed by atoms with Gasteiger partial charge in [0.15, 0.2) is 5.17 Å². The number of pyridine rings is 1. The SMILES string of the molecule is CC[C@@H]1CSC2=N[C@@H](c3ccccn3)[C@H](c3ccc(-c4cccc(C(=O)O)c4)o3)N21. The van der Waals surface area contributed by atoms with Crippen LogP contribution in [0, 0.1) is 0 Å². The number of carboxylic acid groups (broad SMARTS) is 1. The Hall–Kier alpha value is -3.06. The van der Waals surface area contributed by atoms with Gasteiger partial charge in [0.1, 0.15) is 23.6 Å². The highest BCUT2D eigenvalue weighted by molar-refractivity contribution is 8.14. The second-order valence-electron chi connectivity index (χ2n) is 7.42. The highest BCUT2D eigenvalue weighted by Crippen LogP contribution is 2.49. The molecule has 5 rings (SSSR count). The van der Waals surface area contributed by atoms with Gasteiger partial charge in [0.05, 0.1) is 11.3 Å². The van der Waals surface area contributed by atoms with Crippen LogP contribution in [0.25, 0.3) is 11.3 Å². The van der Waals surface area contributed by atoms with Crippen LogP contribution in [-0.2, 0) is 0 Å². The zero-order valence-corrected chi connectivity index (χ0v) is 17.2. The van der Waals surface area contributed by atoms with Gasteiger partial charge >= 0.3 is 5.97 Å². The number of hydrogen-bond donors (Lipinski definition) is 1. The Kier molecular flexibility index (Phi) is 4.83. The molecule has 2 aliphatic heterocycles. The number of fused-ring (bicyclic) bond motifs is 1. The van der Waals surface area contributed by atoms with Gasteiger partial charge in [0.2, 0.25) is 0 Å². The second-order valence-corrected chi connectivity index (χ2v) is 8.41. The zero-order chi connectivity index (χ0) is 20.7. The van der Waals surface area contributed by atoms with Crippen LogP contribution in [0.15, 0.2) is 70.2 Å². The molecular weight excluding hydrogens is 398 g/mol. The molecular formula is C23H21N3O3S. The first-order valence-electron chi connectivity index (χ1n) is 9.99. The van der Waals surface area contributed by atoms with Crippen molar-refractivity contribution < 1.29 is 14.3 Å². The average molecular weight is 420 g/mol. The Labute approximate surface area is 178 Å². The van der Waals surface area contributed by atoms with Crippen molar-refractivity contribution in [1.82, 2.24) is 9.88 Å². The van der Waals surface area contributed by atoms with Crippen molar-refractivity contribution in [3.05, 3.63) is 77.8 Å². The number of carbonyl (C=O) groups is 1. The first-order chi connectivity index (χ1) is 14.7. The van der Waals surface area contributed by atoms with Crippen molar-refractivity contribution in [1.29, 1.82) is 0 Å². The third kappa shape index (κ3) is 3.19. The van der Waals surface area contributed by atoms with Crippen LogP contribution < -0.4 is 0 Å². The summed E-state index contributed by atoms with van der Waals surface area (Å²) in [7, 11) is 0. The second kappa shape index (κ2) is 7.65. The van der Waals surface area contributed by atoms with Gasteiger partial charge < -0.3 is 14.4 Å². The summed E-state index contributed by atoms with van der Waals surface area (Å²) in [4.78, 5) is 23.3. The highest BCUT2D eigenvalue weighted by Gasteiger charge is 2.46. The van der Waals surface area contributed by atoms with Gasteiger partial charge in [-0.1, -0.05) is 36.9 Å². The number of aromatic nitrogens is 1. The van der Waals surface area contributed by atoms with Crippen LogP contribution in [0.3, 0.4) is 0 Å². The van der Waals surface area contributed by atoms with E-state index >= 15 is 0 Å². The third-order valence-electron chi connectivity index (χ3n) is 5.64. The van der Waals surface area contributed by atoms with Crippen LogP contribution in [0.1, 0.15) is 47.2 Å². The summed E-state index contributed by atoms with van der Waals surface area (Å²) < 4.78 is 6.30. The minimum atomic E-state index is -0.951. The van der Waals surface area contributed by atoms with Gasteiger partial charge in [-0.15, -0.1) is 0 Å². The summed E-state index contributed by atoms with van der Waals surface area (Å²) in [6.07, 6.45) is 2.83. The molecule has 4 heterocycles. The summed E-state index contributed by atoms with van der Waals surface area (Å²) >= 11 is 1.79. The molecule has 152 valence electrons. The fourth-order valence-electron chi connectivity index (χ4n) is 4.13. The molecule has 2 aliphatic rings. The van der Waals surface area contributed by atoms with Crippen molar-refractivity contribution in [3.8, 4) is 11.3 Å². The van der Waals surface area contributed by atoms with E-state index in [1.807, 2.05) is 36.4 Å². The summed E-state index contributed by atoms with van der Waals surface area (Å²) in [6.45, 7) is 2.20. The first kappa shape index (κ1) is 18.9. The Morgan fingerprint density at radius 1 is 1.23 bits per heavy atom. The Bertz CT molecular complexity index is 1110. The number of benzene rings is 1. The van der Waals surface area contributed by atoms with Gasteiger partial charge in [0, 0.05) is 23.6 Å². The number of aromatic carboxylic acids is 1. The van der Waals surface area contributed by atoms with E-state index in [0.717, 1.165) is 34.4 Å². The van der Waals surface area contributed by atoms with Gasteiger partial charge in [-0.05, 0) is 42.8 Å². The van der Waals surface area contributed by atoms with E-state index < -0.39 is 5.97 Å². The molecule has 0 spiro atoms. The van der Waals surface area contributed by atoms with E-state index in [2.05, 4.69) is 16.8 Å². The van der Waals surface area contributed by atoms with E-state index in [1.165, 1.54) is 0 Å². The number of rotatable bonds is 5. The first-order valence-corrected chi connectivity index (χ1v) is 11.0. The van der Waals surface area contributed by atoms with Gasteiger partial charge in [0.25, 0.3) is 0 Å². The maximum Gasteiger partial charge on any atom is 0.335 e. The molecule has 2 aromatic heterocycles. The van der Waals surface area contributed by atoms with E-state index in [9.17, 15) is 9.90 Å². The maximum atomic E-state index is 11.3. The predicted octanol–water partition coefficient (Wildman–Crippen LogP) is 5.02. The summed E-state index contributed by atoms with van der Waals surface area (Å²) in [5, 5.41) is 10.3. The van der Waals surface area contributed by atoms with E-state index in [4.69, 9.17) is 9.41 Å². The van der Waals surface area contributed by atoms with E-state index in [0.29, 0.717) is 11.8 Å². The van der Waals surface area contributed by atoms with E-state index in [1.54, 1.807) is 36.2 Å². The lowest BCUT2D eigenvalue weighted by atomic mass is 10.0. The lowest BCUT2D eigenvalue weighted by Gasteiger charge is -2.30. The van der Waals surface area contributed by atoms with Crippen LogP contribution in [-0.4, -0.2) is 37.9 Å². The monoisotopic (exact) mass is 419 g/mol. The topological polar surface area (TPSA) is 78.9 Å². The molecule has 1 saturated heterocycles. The number of amidine groups is 1. The zero-order valence-electron chi connectivity index (χ0n) is 16.4. The molecule has 3 aromatic rings. The van der Waals surface area contributed by atoms with Crippen molar-refractivity contribution >= 4 is 22.9 Å². The Morgan fingerprint density at radius 2 is 2.13 bits per heavy atom. The number of hydrogen-bond acceptors (Lipinski definition) is 6. The molecule has 1 aromatic carbocycles. The third-order valence-corrected chi connectivity index (χ3v) is 6.77. The summed E-state index contributed by atoms with van der Waals surface area (Å²) in [5.41, 5.74) is 1.91. The Morgan fingerprint density at radius 3 is 2.90 bits per heavy atom. The fraction of sp³-hybridized carbons (Fsp3) is 0.261. The van der Waals surface area contributed by atoms with Crippen LogP contribution in [0.2, 0.25) is 0 Å². The molecule has 30 heavy (non-hydrogen) atoms. The van der Waals surface area contributed by atoms with Gasteiger partial charge in [-0.25, -0.2) is 9.79 Å². The minimum absolute atomic E-state index is 0.0637. The van der Waals surface area contributed by atoms with E-state index in [-0.39, 0.29) is 17.6 Å². The molecule has 1 N–H and O–H groups in total. The van der Waals surface area contributed by atoms with Gasteiger partial charge in [-0.3, -0.25) is 4.98 Å². The smallest absolute Gasteiger partial charge is 0.335 e. The number of nitrogens with zero attached hydrogens (tertiary/aromatic N) is 3. The maximum absolute atomic E-state index is 11.3. The van der Waals surface area contributed by atoms with Gasteiger partial charge in [-0.2, -0.15) is 0 Å². The largest absolute Gasteiger partial charge is 0.478 e. The number of aliphatic imine (C=N–C) groups is 1. The molecule has 0 amide bonds. The van der Waals surface area contributed by atoms with Crippen LogP contribution >= 0.6 is 11.8 Å². The Balaban J connectivity index is 1.54. The predicted molar refractivity (Wildman–Crippen MR) is 117 cm³/mol. The van der Waals surface area contributed by atoms with Crippen LogP contribution in [0.4, 0.5) is 0 Å². The number of furan rings is 1. The highest BCUT2D eigenvalue weighted by atomic mass is 32.2. The normalized spacial score (nSPS) is 22.8. The molecule has 3 atom stereocenters. The quantitative estimate of drug-likeness (QED) is 0.626. The average Bonchev–Trinajstić information content (AvgIpc) is 3.49. The van der Waals surface area contributed by atoms with Crippen molar-refractivity contribution in [2.45, 2.75) is 31.5 Å². The standard InChI is InChI=1S/C23H21N3O3S/c1-2-16-13-30-23-25-20(17-8-3-4-11-24-17)21(26(16)23)19-10-9-18(29-19)14-6-5-7-15(12-14)22(27)28/h3-12,16,20-21H,2,13H2,1H3,(H,27,28)/t16-,20+,21+/m1/s1. The molecule has 6 nitrogen and oxygen atoms in total. The summed E-state index contributed by atoms with van der Waals surface area (Å²) in [6, 6.07) is 16.8. The molecule has 0 saturated carbocycles. The molecule has 0 unspecified atom stereocenters. The number of thioether (sulfide) groups is 1. The fourth-order valence-corrected chi connectivity index (χ4v) is 5.47. The number of carboxylic acids is 1. The van der Waals surface area contributed by atoms with Crippen molar-refractivity contribution in [2.24, 2.45) is 4.99 Å². The molecule has 0 radical (unpaired) electrons. The molecule has 1 fully saturated rings. The molecule has 0 bridgehead atoms. The van der Waals surface area contributed by atoms with Crippen LogP contribution in [0.5, 0.6) is 0 Å². The van der Waals surface area contributed by atoms with Crippen molar-refractivity contribution in [2.75, 3.05) is 5.75 Å². The molecule has 7 heteroatoms. The minimum Gasteiger partial charge on any atom is -0.478 e.